The van der Waals surface area contributed by atoms with Gasteiger partial charge in [0, 0.05) is 29.4 Å². The summed E-state index contributed by atoms with van der Waals surface area (Å²) in [6, 6.07) is 8.60. The van der Waals surface area contributed by atoms with Crippen LogP contribution in [0.15, 0.2) is 53.7 Å². The number of benzene rings is 2. The van der Waals surface area contributed by atoms with E-state index in [1.165, 1.54) is 11.3 Å². The number of thiazole rings is 1. The SMILES string of the molecule is CS(=O)(=O)c1ccc(OC(F)(F)F)c(Nc2nc3c(ccc4cnccc43)s2)c1. The zero-order chi connectivity index (χ0) is 20.8. The largest absolute Gasteiger partial charge is 0.573 e. The van der Waals surface area contributed by atoms with Crippen molar-refractivity contribution in [2.75, 3.05) is 11.6 Å². The van der Waals surface area contributed by atoms with E-state index in [0.29, 0.717) is 10.6 Å². The molecule has 0 spiro atoms. The first-order valence-corrected chi connectivity index (χ1v) is 10.8. The van der Waals surface area contributed by atoms with Gasteiger partial charge < -0.3 is 10.1 Å². The number of rotatable bonds is 4. The summed E-state index contributed by atoms with van der Waals surface area (Å²) in [5.74, 6) is -0.557. The second kappa shape index (κ2) is 6.85. The molecule has 4 aromatic rings. The van der Waals surface area contributed by atoms with Gasteiger partial charge in [0.2, 0.25) is 0 Å². The van der Waals surface area contributed by atoms with Crippen molar-refractivity contribution in [3.8, 4) is 5.75 Å². The number of anilines is 2. The maximum atomic E-state index is 12.7. The normalized spacial score (nSPS) is 12.4. The van der Waals surface area contributed by atoms with Crippen molar-refractivity contribution in [3.63, 3.8) is 0 Å². The fourth-order valence-corrected chi connectivity index (χ4v) is 4.32. The molecular formula is C18H12F3N3O3S2. The number of nitrogens with one attached hydrogen (secondary N) is 1. The average molecular weight is 439 g/mol. The van der Waals surface area contributed by atoms with Crippen molar-refractivity contribution in [3.05, 3.63) is 48.8 Å². The number of ether oxygens (including phenoxy) is 1. The lowest BCUT2D eigenvalue weighted by atomic mass is 10.1. The smallest absolute Gasteiger partial charge is 0.404 e. The Kier molecular flexibility index (Phi) is 4.58. The monoisotopic (exact) mass is 439 g/mol. The third kappa shape index (κ3) is 4.10. The van der Waals surface area contributed by atoms with Gasteiger partial charge in [0.15, 0.2) is 20.7 Å². The molecule has 0 radical (unpaired) electrons. The summed E-state index contributed by atoms with van der Waals surface area (Å²) in [4.78, 5) is 8.37. The lowest BCUT2D eigenvalue weighted by Crippen LogP contribution is -2.18. The minimum absolute atomic E-state index is 0.146. The van der Waals surface area contributed by atoms with E-state index in [1.807, 2.05) is 12.1 Å². The van der Waals surface area contributed by atoms with Crippen molar-refractivity contribution in [1.82, 2.24) is 9.97 Å². The summed E-state index contributed by atoms with van der Waals surface area (Å²) in [6.07, 6.45) is -0.654. The highest BCUT2D eigenvalue weighted by Crippen LogP contribution is 2.37. The van der Waals surface area contributed by atoms with Crippen LogP contribution in [-0.4, -0.2) is 31.0 Å². The molecule has 0 amide bonds. The molecule has 2 heterocycles. The number of sulfone groups is 1. The Morgan fingerprint density at radius 2 is 1.93 bits per heavy atom. The third-order valence-corrected chi connectivity index (χ3v) is 6.07. The number of fused-ring (bicyclic) bond motifs is 3. The molecule has 1 N–H and O–H groups in total. The molecule has 6 nitrogen and oxygen atoms in total. The Morgan fingerprint density at radius 3 is 2.66 bits per heavy atom. The van der Waals surface area contributed by atoms with E-state index >= 15 is 0 Å². The fourth-order valence-electron chi connectivity index (χ4n) is 2.78. The zero-order valence-electron chi connectivity index (χ0n) is 14.7. The number of halogens is 3. The van der Waals surface area contributed by atoms with Crippen LogP contribution in [0.3, 0.4) is 0 Å². The van der Waals surface area contributed by atoms with Crippen LogP contribution >= 0.6 is 11.3 Å². The number of aromatic nitrogens is 2. The van der Waals surface area contributed by atoms with Crippen molar-refractivity contribution >= 4 is 53.0 Å². The maximum absolute atomic E-state index is 12.7. The van der Waals surface area contributed by atoms with Crippen LogP contribution in [0.5, 0.6) is 5.75 Å². The first-order valence-electron chi connectivity index (χ1n) is 8.10. The van der Waals surface area contributed by atoms with Gasteiger partial charge in [0.25, 0.3) is 0 Å². The lowest BCUT2D eigenvalue weighted by molar-refractivity contribution is -0.274. The Labute approximate surface area is 166 Å². The molecule has 2 aromatic carbocycles. The van der Waals surface area contributed by atoms with Crippen LogP contribution in [0.25, 0.3) is 21.0 Å². The van der Waals surface area contributed by atoms with Crippen molar-refractivity contribution < 1.29 is 26.3 Å². The van der Waals surface area contributed by atoms with Crippen LogP contribution in [0.2, 0.25) is 0 Å². The molecule has 0 unspecified atom stereocenters. The van der Waals surface area contributed by atoms with E-state index in [9.17, 15) is 21.6 Å². The predicted molar refractivity (Wildman–Crippen MR) is 104 cm³/mol. The topological polar surface area (TPSA) is 81.2 Å². The Bertz CT molecular complexity index is 1330. The highest BCUT2D eigenvalue weighted by molar-refractivity contribution is 7.90. The highest BCUT2D eigenvalue weighted by Gasteiger charge is 2.32. The van der Waals surface area contributed by atoms with Gasteiger partial charge in [-0.1, -0.05) is 17.4 Å². The van der Waals surface area contributed by atoms with Gasteiger partial charge in [-0.05, 0) is 30.3 Å². The highest BCUT2D eigenvalue weighted by atomic mass is 32.2. The van der Waals surface area contributed by atoms with Crippen molar-refractivity contribution in [2.45, 2.75) is 11.3 Å². The minimum Gasteiger partial charge on any atom is -0.404 e. The van der Waals surface area contributed by atoms with Crippen molar-refractivity contribution in [2.24, 2.45) is 0 Å². The molecule has 0 saturated heterocycles. The molecule has 0 fully saturated rings. The summed E-state index contributed by atoms with van der Waals surface area (Å²) >= 11 is 1.22. The molecule has 29 heavy (non-hydrogen) atoms. The van der Waals surface area contributed by atoms with E-state index in [2.05, 4.69) is 20.0 Å². The Hall–Kier alpha value is -2.92. The summed E-state index contributed by atoms with van der Waals surface area (Å²) in [5, 5.41) is 4.78. The molecule has 0 aliphatic heterocycles. The van der Waals surface area contributed by atoms with Gasteiger partial charge in [-0.25, -0.2) is 13.4 Å². The first-order chi connectivity index (χ1) is 13.6. The molecule has 0 bridgehead atoms. The van der Waals surface area contributed by atoms with E-state index in [0.717, 1.165) is 39.9 Å². The molecule has 2 aromatic heterocycles. The maximum Gasteiger partial charge on any atom is 0.573 e. The fraction of sp³-hybridized carbons (Fsp3) is 0.111. The van der Waals surface area contributed by atoms with Crippen LogP contribution in [0, 0.1) is 0 Å². The lowest BCUT2D eigenvalue weighted by Gasteiger charge is -2.14. The van der Waals surface area contributed by atoms with Gasteiger partial charge in [-0.15, -0.1) is 13.2 Å². The third-order valence-electron chi connectivity index (χ3n) is 4.02. The van der Waals surface area contributed by atoms with Gasteiger partial charge >= 0.3 is 6.36 Å². The predicted octanol–water partition coefficient (Wildman–Crippen LogP) is 4.89. The molecule has 11 heteroatoms. The number of nitrogens with zero attached hydrogens (tertiary/aromatic N) is 2. The number of hydrogen-bond donors (Lipinski definition) is 1. The molecule has 150 valence electrons. The van der Waals surface area contributed by atoms with Crippen molar-refractivity contribution in [1.29, 1.82) is 0 Å². The van der Waals surface area contributed by atoms with Crippen LogP contribution in [0.4, 0.5) is 24.0 Å². The van der Waals surface area contributed by atoms with E-state index < -0.39 is 21.9 Å². The summed E-state index contributed by atoms with van der Waals surface area (Å²) < 4.78 is 66.7. The number of pyridine rings is 1. The van der Waals surface area contributed by atoms with Gasteiger partial charge in [-0.3, -0.25) is 4.98 Å². The molecule has 4 rings (SSSR count). The van der Waals surface area contributed by atoms with E-state index in [1.54, 1.807) is 18.5 Å². The van der Waals surface area contributed by atoms with Gasteiger partial charge in [0.1, 0.15) is 0 Å². The average Bonchev–Trinajstić information content (AvgIpc) is 3.04. The summed E-state index contributed by atoms with van der Waals surface area (Å²) in [7, 11) is -3.63. The molecule has 0 saturated carbocycles. The second-order valence-corrected chi connectivity index (χ2v) is 9.18. The molecule has 0 atom stereocenters. The van der Waals surface area contributed by atoms with Gasteiger partial charge in [-0.2, -0.15) is 0 Å². The van der Waals surface area contributed by atoms with Crippen LogP contribution < -0.4 is 10.1 Å². The second-order valence-electron chi connectivity index (χ2n) is 6.13. The van der Waals surface area contributed by atoms with Gasteiger partial charge in [0.05, 0.1) is 20.8 Å². The zero-order valence-corrected chi connectivity index (χ0v) is 16.3. The number of hydrogen-bond acceptors (Lipinski definition) is 7. The Balaban J connectivity index is 1.80. The molecule has 0 aliphatic rings. The van der Waals surface area contributed by atoms with E-state index in [-0.39, 0.29) is 10.6 Å². The quantitative estimate of drug-likeness (QED) is 0.488. The first kappa shape index (κ1) is 19.4. The van der Waals surface area contributed by atoms with Crippen LogP contribution in [-0.2, 0) is 9.84 Å². The molecular weight excluding hydrogens is 427 g/mol. The number of alkyl halides is 3. The summed E-state index contributed by atoms with van der Waals surface area (Å²) in [6.45, 7) is 0. The summed E-state index contributed by atoms with van der Waals surface area (Å²) in [5.41, 5.74) is 0.505. The Morgan fingerprint density at radius 1 is 1.14 bits per heavy atom. The standard InChI is InChI=1S/C18H12F3N3O3S2/c1-29(25,26)11-3-4-14(27-18(19,20)21)13(8-11)23-17-24-16-12-6-7-22-9-10(12)2-5-15(16)28-17/h2-9H,1H3,(H,23,24). The van der Waals surface area contributed by atoms with E-state index in [4.69, 9.17) is 0 Å². The molecule has 0 aliphatic carbocycles. The van der Waals surface area contributed by atoms with Crippen LogP contribution in [0.1, 0.15) is 0 Å². The minimum atomic E-state index is -4.93.